The lowest BCUT2D eigenvalue weighted by Crippen LogP contribution is -2.17. The van der Waals surface area contributed by atoms with Crippen LogP contribution in [0.4, 0.5) is 0 Å². The summed E-state index contributed by atoms with van der Waals surface area (Å²) in [4.78, 5) is 4.26. The van der Waals surface area contributed by atoms with Crippen LogP contribution in [-0.2, 0) is 6.61 Å². The summed E-state index contributed by atoms with van der Waals surface area (Å²) in [6, 6.07) is 12.3. The quantitative estimate of drug-likeness (QED) is 0.863. The predicted molar refractivity (Wildman–Crippen MR) is 84.8 cm³/mol. The Hall–Kier alpha value is -1.39. The van der Waals surface area contributed by atoms with Gasteiger partial charge in [0.2, 0.25) is 5.88 Å². The molecule has 0 saturated heterocycles. The normalized spacial score (nSPS) is 12.2. The van der Waals surface area contributed by atoms with Gasteiger partial charge in [-0.1, -0.05) is 41.1 Å². The molecule has 2 aromatic rings. The monoisotopic (exact) mass is 334 g/mol. The minimum atomic E-state index is 0.300. The average molecular weight is 335 g/mol. The summed E-state index contributed by atoms with van der Waals surface area (Å²) in [6.45, 7) is 5.68. The van der Waals surface area contributed by atoms with Crippen LogP contribution in [0, 0.1) is 0 Å². The lowest BCUT2D eigenvalue weighted by atomic mass is 10.1. The number of hydrogen-bond acceptors (Lipinski definition) is 3. The van der Waals surface area contributed by atoms with Crippen molar-refractivity contribution < 1.29 is 4.74 Å². The fourth-order valence-electron chi connectivity index (χ4n) is 1.96. The van der Waals surface area contributed by atoms with E-state index in [9.17, 15) is 0 Å². The Labute approximate surface area is 128 Å². The van der Waals surface area contributed by atoms with Crippen molar-refractivity contribution in [3.8, 4) is 5.88 Å². The molecular formula is C16H19BrN2O. The molecule has 1 aromatic heterocycles. The van der Waals surface area contributed by atoms with E-state index in [-0.39, 0.29) is 0 Å². The summed E-state index contributed by atoms with van der Waals surface area (Å²) in [5, 5.41) is 3.38. The van der Waals surface area contributed by atoms with E-state index in [2.05, 4.69) is 40.1 Å². The number of ether oxygens (including phenoxy) is 1. The van der Waals surface area contributed by atoms with Gasteiger partial charge in [-0.15, -0.1) is 0 Å². The van der Waals surface area contributed by atoms with Gasteiger partial charge in [0.1, 0.15) is 6.61 Å². The average Bonchev–Trinajstić information content (AvgIpc) is 2.47. The van der Waals surface area contributed by atoms with Gasteiger partial charge in [0, 0.05) is 28.3 Å². The third-order valence-electron chi connectivity index (χ3n) is 3.10. The van der Waals surface area contributed by atoms with Crippen molar-refractivity contribution in [2.75, 3.05) is 6.54 Å². The minimum Gasteiger partial charge on any atom is -0.473 e. The molecule has 0 saturated carbocycles. The van der Waals surface area contributed by atoms with Crippen LogP contribution in [0.5, 0.6) is 5.88 Å². The fraction of sp³-hybridized carbons (Fsp3) is 0.312. The SMILES string of the molecule is CCNC(C)c1ccnc(OCc2ccccc2Br)c1. The van der Waals surface area contributed by atoms with E-state index < -0.39 is 0 Å². The molecule has 0 spiro atoms. The molecule has 1 aromatic carbocycles. The standard InChI is InChI=1S/C16H19BrN2O/c1-3-18-12(2)13-8-9-19-16(10-13)20-11-14-6-4-5-7-15(14)17/h4-10,12,18H,3,11H2,1-2H3. The Morgan fingerprint density at radius 3 is 2.85 bits per heavy atom. The Kier molecular flexibility index (Phi) is 5.56. The summed E-state index contributed by atoms with van der Waals surface area (Å²) in [5.41, 5.74) is 2.29. The third-order valence-corrected chi connectivity index (χ3v) is 3.88. The van der Waals surface area contributed by atoms with Gasteiger partial charge in [-0.25, -0.2) is 4.98 Å². The molecule has 3 nitrogen and oxygen atoms in total. The molecule has 0 aliphatic carbocycles. The first-order valence-corrected chi connectivity index (χ1v) is 7.55. The smallest absolute Gasteiger partial charge is 0.213 e. The van der Waals surface area contributed by atoms with Crippen LogP contribution in [0.25, 0.3) is 0 Å². The molecule has 4 heteroatoms. The zero-order valence-electron chi connectivity index (χ0n) is 11.8. The molecule has 1 unspecified atom stereocenters. The highest BCUT2D eigenvalue weighted by Gasteiger charge is 2.06. The van der Waals surface area contributed by atoms with Crippen LogP contribution < -0.4 is 10.1 Å². The first-order valence-electron chi connectivity index (χ1n) is 6.76. The second-order valence-electron chi connectivity index (χ2n) is 4.59. The number of benzene rings is 1. The molecule has 0 radical (unpaired) electrons. The van der Waals surface area contributed by atoms with Crippen molar-refractivity contribution in [1.82, 2.24) is 10.3 Å². The van der Waals surface area contributed by atoms with E-state index in [0.717, 1.165) is 16.6 Å². The molecule has 0 amide bonds. The molecule has 0 bridgehead atoms. The van der Waals surface area contributed by atoms with E-state index in [1.165, 1.54) is 5.56 Å². The Morgan fingerprint density at radius 1 is 1.30 bits per heavy atom. The minimum absolute atomic E-state index is 0.300. The first kappa shape index (κ1) is 15.0. The summed E-state index contributed by atoms with van der Waals surface area (Å²) >= 11 is 3.52. The molecule has 106 valence electrons. The van der Waals surface area contributed by atoms with Gasteiger partial charge in [0.05, 0.1) is 0 Å². The molecule has 1 N–H and O–H groups in total. The largest absolute Gasteiger partial charge is 0.473 e. The van der Waals surface area contributed by atoms with Gasteiger partial charge in [-0.2, -0.15) is 0 Å². The Morgan fingerprint density at radius 2 is 2.10 bits per heavy atom. The van der Waals surface area contributed by atoms with E-state index in [1.54, 1.807) is 6.20 Å². The number of nitrogens with one attached hydrogen (secondary N) is 1. The number of nitrogens with zero attached hydrogens (tertiary/aromatic N) is 1. The van der Waals surface area contributed by atoms with Gasteiger partial charge < -0.3 is 10.1 Å². The highest BCUT2D eigenvalue weighted by Crippen LogP contribution is 2.20. The maximum absolute atomic E-state index is 5.77. The van der Waals surface area contributed by atoms with E-state index in [0.29, 0.717) is 18.5 Å². The van der Waals surface area contributed by atoms with E-state index in [1.807, 2.05) is 36.4 Å². The van der Waals surface area contributed by atoms with Crippen molar-refractivity contribution >= 4 is 15.9 Å². The molecule has 20 heavy (non-hydrogen) atoms. The van der Waals surface area contributed by atoms with Crippen LogP contribution in [0.1, 0.15) is 31.0 Å². The fourth-order valence-corrected chi connectivity index (χ4v) is 2.36. The summed E-state index contributed by atoms with van der Waals surface area (Å²) in [5.74, 6) is 0.656. The summed E-state index contributed by atoms with van der Waals surface area (Å²) in [6.07, 6.45) is 1.79. The number of aromatic nitrogens is 1. The Balaban J connectivity index is 2.03. The molecule has 2 rings (SSSR count). The second-order valence-corrected chi connectivity index (χ2v) is 5.44. The second kappa shape index (κ2) is 7.41. The number of halogens is 1. The maximum Gasteiger partial charge on any atom is 0.213 e. The highest BCUT2D eigenvalue weighted by molar-refractivity contribution is 9.10. The summed E-state index contributed by atoms with van der Waals surface area (Å²) in [7, 11) is 0. The predicted octanol–water partition coefficient (Wildman–Crippen LogP) is 4.09. The van der Waals surface area contributed by atoms with Gasteiger partial charge in [0.15, 0.2) is 0 Å². The molecule has 1 heterocycles. The highest BCUT2D eigenvalue weighted by atomic mass is 79.9. The van der Waals surface area contributed by atoms with Crippen molar-refractivity contribution in [2.45, 2.75) is 26.5 Å². The van der Waals surface area contributed by atoms with Crippen molar-refractivity contribution in [2.24, 2.45) is 0 Å². The number of hydrogen-bond donors (Lipinski definition) is 1. The summed E-state index contributed by atoms with van der Waals surface area (Å²) < 4.78 is 6.83. The topological polar surface area (TPSA) is 34.2 Å². The molecule has 0 fully saturated rings. The van der Waals surface area contributed by atoms with Crippen LogP contribution >= 0.6 is 15.9 Å². The molecular weight excluding hydrogens is 316 g/mol. The Bertz CT molecular complexity index is 560. The van der Waals surface area contributed by atoms with Gasteiger partial charge in [0.25, 0.3) is 0 Å². The lowest BCUT2D eigenvalue weighted by molar-refractivity contribution is 0.292. The zero-order valence-corrected chi connectivity index (χ0v) is 13.4. The van der Waals surface area contributed by atoms with Crippen molar-refractivity contribution in [3.05, 3.63) is 58.2 Å². The number of pyridine rings is 1. The lowest BCUT2D eigenvalue weighted by Gasteiger charge is -2.14. The molecule has 0 aliphatic heterocycles. The van der Waals surface area contributed by atoms with Crippen molar-refractivity contribution in [3.63, 3.8) is 0 Å². The van der Waals surface area contributed by atoms with Crippen LogP contribution in [0.2, 0.25) is 0 Å². The van der Waals surface area contributed by atoms with E-state index >= 15 is 0 Å². The van der Waals surface area contributed by atoms with Gasteiger partial charge in [-0.3, -0.25) is 0 Å². The van der Waals surface area contributed by atoms with Crippen LogP contribution in [-0.4, -0.2) is 11.5 Å². The maximum atomic E-state index is 5.77. The van der Waals surface area contributed by atoms with E-state index in [4.69, 9.17) is 4.74 Å². The van der Waals surface area contributed by atoms with Crippen LogP contribution in [0.3, 0.4) is 0 Å². The molecule has 0 aliphatic rings. The third kappa shape index (κ3) is 4.05. The first-order chi connectivity index (χ1) is 9.70. The number of rotatable bonds is 6. The van der Waals surface area contributed by atoms with Crippen molar-refractivity contribution in [1.29, 1.82) is 0 Å². The zero-order chi connectivity index (χ0) is 14.4. The van der Waals surface area contributed by atoms with Gasteiger partial charge >= 0.3 is 0 Å². The van der Waals surface area contributed by atoms with Crippen LogP contribution in [0.15, 0.2) is 47.1 Å². The van der Waals surface area contributed by atoms with Gasteiger partial charge in [-0.05, 0) is 31.2 Å². The molecule has 1 atom stereocenters.